The number of furan rings is 1. The second-order valence-electron chi connectivity index (χ2n) is 5.71. The SMILES string of the molecule is Cc1oc(S(=O)(=O)N(C)C)cc1C(=O)N1CCCCC1CN. The zero-order chi connectivity index (χ0) is 16.5. The molecule has 1 aromatic rings. The molecule has 0 bridgehead atoms. The summed E-state index contributed by atoms with van der Waals surface area (Å²) < 4.78 is 30.6. The lowest BCUT2D eigenvalue weighted by Gasteiger charge is -2.34. The summed E-state index contributed by atoms with van der Waals surface area (Å²) in [6.45, 7) is 2.65. The lowest BCUT2D eigenvalue weighted by Crippen LogP contribution is -2.47. The van der Waals surface area contributed by atoms with Crippen LogP contribution in [-0.4, -0.2) is 56.8 Å². The lowest BCUT2D eigenvalue weighted by atomic mass is 10.0. The van der Waals surface area contributed by atoms with Crippen LogP contribution < -0.4 is 5.73 Å². The molecule has 1 saturated heterocycles. The van der Waals surface area contributed by atoms with Gasteiger partial charge in [-0.3, -0.25) is 4.79 Å². The monoisotopic (exact) mass is 329 g/mol. The zero-order valence-corrected chi connectivity index (χ0v) is 14.0. The molecule has 1 aliphatic heterocycles. The predicted molar refractivity (Wildman–Crippen MR) is 82.0 cm³/mol. The molecule has 1 aromatic heterocycles. The van der Waals surface area contributed by atoms with Gasteiger partial charge in [0.2, 0.25) is 5.09 Å². The van der Waals surface area contributed by atoms with Crippen molar-refractivity contribution in [3.05, 3.63) is 17.4 Å². The molecule has 2 N–H and O–H groups in total. The van der Waals surface area contributed by atoms with Crippen LogP contribution in [0.4, 0.5) is 0 Å². The van der Waals surface area contributed by atoms with E-state index in [2.05, 4.69) is 0 Å². The maximum absolute atomic E-state index is 12.7. The summed E-state index contributed by atoms with van der Waals surface area (Å²) in [4.78, 5) is 14.4. The van der Waals surface area contributed by atoms with Gasteiger partial charge in [0.1, 0.15) is 5.76 Å². The molecule has 124 valence electrons. The van der Waals surface area contributed by atoms with Crippen LogP contribution in [0.25, 0.3) is 0 Å². The minimum absolute atomic E-state index is 0.00413. The number of piperidine rings is 1. The van der Waals surface area contributed by atoms with Crippen molar-refractivity contribution in [1.29, 1.82) is 0 Å². The standard InChI is InChI=1S/C14H23N3O4S/c1-10-12(8-13(21-10)22(19,20)16(2)3)14(18)17-7-5-4-6-11(17)9-15/h8,11H,4-7,9,15H2,1-3H3. The van der Waals surface area contributed by atoms with E-state index in [9.17, 15) is 13.2 Å². The molecule has 1 atom stereocenters. The van der Waals surface area contributed by atoms with E-state index in [4.69, 9.17) is 10.2 Å². The Morgan fingerprint density at radius 3 is 2.73 bits per heavy atom. The van der Waals surface area contributed by atoms with Crippen molar-refractivity contribution in [2.75, 3.05) is 27.2 Å². The van der Waals surface area contributed by atoms with Crippen molar-refractivity contribution in [1.82, 2.24) is 9.21 Å². The summed E-state index contributed by atoms with van der Waals surface area (Å²) in [6, 6.07) is 1.32. The van der Waals surface area contributed by atoms with Crippen molar-refractivity contribution in [2.45, 2.75) is 37.3 Å². The van der Waals surface area contributed by atoms with Gasteiger partial charge in [0, 0.05) is 39.3 Å². The Kier molecular flexibility index (Phi) is 4.93. The molecule has 0 aromatic carbocycles. The highest BCUT2D eigenvalue weighted by Gasteiger charge is 2.31. The van der Waals surface area contributed by atoms with Gasteiger partial charge in [-0.05, 0) is 26.2 Å². The molecule has 8 heteroatoms. The highest BCUT2D eigenvalue weighted by molar-refractivity contribution is 7.88. The Bertz CT molecular complexity index is 651. The zero-order valence-electron chi connectivity index (χ0n) is 13.2. The van der Waals surface area contributed by atoms with Gasteiger partial charge in [-0.15, -0.1) is 0 Å². The number of carbonyl (C=O) groups excluding carboxylic acids is 1. The number of aryl methyl sites for hydroxylation is 1. The minimum atomic E-state index is -3.69. The first-order valence-corrected chi connectivity index (χ1v) is 8.77. The maximum Gasteiger partial charge on any atom is 0.275 e. The summed E-state index contributed by atoms with van der Waals surface area (Å²) >= 11 is 0. The summed E-state index contributed by atoms with van der Waals surface area (Å²) in [5.74, 6) is 0.100. The average Bonchev–Trinajstić information content (AvgIpc) is 2.89. The van der Waals surface area contributed by atoms with E-state index in [0.717, 1.165) is 23.6 Å². The van der Waals surface area contributed by atoms with Crippen LogP contribution in [0.1, 0.15) is 35.4 Å². The van der Waals surface area contributed by atoms with E-state index in [1.807, 2.05) is 0 Å². The molecule has 1 amide bonds. The van der Waals surface area contributed by atoms with E-state index in [1.165, 1.54) is 20.2 Å². The van der Waals surface area contributed by atoms with Crippen LogP contribution in [0.2, 0.25) is 0 Å². The van der Waals surface area contributed by atoms with Crippen LogP contribution in [-0.2, 0) is 10.0 Å². The number of nitrogens with zero attached hydrogens (tertiary/aromatic N) is 2. The van der Waals surface area contributed by atoms with E-state index >= 15 is 0 Å². The Labute approximate surface area is 131 Å². The van der Waals surface area contributed by atoms with Gasteiger partial charge >= 0.3 is 0 Å². The molecular weight excluding hydrogens is 306 g/mol. The summed E-state index contributed by atoms with van der Waals surface area (Å²) in [5, 5.41) is -0.209. The van der Waals surface area contributed by atoms with Crippen molar-refractivity contribution in [3.8, 4) is 0 Å². The molecule has 1 aliphatic rings. The number of sulfonamides is 1. The fourth-order valence-electron chi connectivity index (χ4n) is 2.64. The number of hydrogen-bond donors (Lipinski definition) is 1. The molecular formula is C14H23N3O4S. The Morgan fingerprint density at radius 1 is 1.45 bits per heavy atom. The van der Waals surface area contributed by atoms with Crippen LogP contribution in [0.15, 0.2) is 15.6 Å². The fraction of sp³-hybridized carbons (Fsp3) is 0.643. The highest BCUT2D eigenvalue weighted by Crippen LogP contribution is 2.25. The first-order valence-electron chi connectivity index (χ1n) is 7.33. The first-order chi connectivity index (χ1) is 10.3. The van der Waals surface area contributed by atoms with Crippen molar-refractivity contribution < 1.29 is 17.6 Å². The number of amides is 1. The molecule has 22 heavy (non-hydrogen) atoms. The predicted octanol–water partition coefficient (Wildman–Crippen LogP) is 0.792. The molecule has 1 fully saturated rings. The quantitative estimate of drug-likeness (QED) is 0.881. The highest BCUT2D eigenvalue weighted by atomic mass is 32.2. The van der Waals surface area contributed by atoms with Gasteiger partial charge in [-0.1, -0.05) is 0 Å². The second kappa shape index (κ2) is 6.39. The first kappa shape index (κ1) is 17.0. The van der Waals surface area contributed by atoms with Gasteiger partial charge < -0.3 is 15.1 Å². The molecule has 0 saturated carbocycles. The van der Waals surface area contributed by atoms with Gasteiger partial charge in [0.15, 0.2) is 0 Å². The molecule has 7 nitrogen and oxygen atoms in total. The van der Waals surface area contributed by atoms with E-state index in [1.54, 1.807) is 11.8 Å². The van der Waals surface area contributed by atoms with Crippen molar-refractivity contribution >= 4 is 15.9 Å². The van der Waals surface area contributed by atoms with Gasteiger partial charge in [-0.2, -0.15) is 0 Å². The van der Waals surface area contributed by atoms with Gasteiger partial charge in [0.05, 0.1) is 5.56 Å². The number of likely N-dealkylation sites (tertiary alicyclic amines) is 1. The largest absolute Gasteiger partial charge is 0.448 e. The lowest BCUT2D eigenvalue weighted by molar-refractivity contribution is 0.0621. The summed E-state index contributed by atoms with van der Waals surface area (Å²) in [5.41, 5.74) is 6.03. The molecule has 1 unspecified atom stereocenters. The number of rotatable bonds is 4. The van der Waals surface area contributed by atoms with E-state index in [0.29, 0.717) is 24.4 Å². The molecule has 2 heterocycles. The van der Waals surface area contributed by atoms with Gasteiger partial charge in [-0.25, -0.2) is 12.7 Å². The third-order valence-corrected chi connectivity index (χ3v) is 5.69. The van der Waals surface area contributed by atoms with Gasteiger partial charge in [0.25, 0.3) is 15.9 Å². The smallest absolute Gasteiger partial charge is 0.275 e. The van der Waals surface area contributed by atoms with E-state index < -0.39 is 10.0 Å². The van der Waals surface area contributed by atoms with Crippen LogP contribution in [0, 0.1) is 6.92 Å². The number of nitrogens with two attached hydrogens (primary N) is 1. The van der Waals surface area contributed by atoms with Crippen molar-refractivity contribution in [3.63, 3.8) is 0 Å². The summed E-state index contributed by atoms with van der Waals surface area (Å²) in [7, 11) is -0.850. The molecule has 2 rings (SSSR count). The normalized spacial score (nSPS) is 19.7. The molecule has 0 radical (unpaired) electrons. The van der Waals surface area contributed by atoms with Crippen LogP contribution in [0.5, 0.6) is 0 Å². The Morgan fingerprint density at radius 2 is 2.14 bits per heavy atom. The van der Waals surface area contributed by atoms with Crippen molar-refractivity contribution in [2.24, 2.45) is 5.73 Å². The second-order valence-corrected chi connectivity index (χ2v) is 7.79. The number of carbonyl (C=O) groups is 1. The van der Waals surface area contributed by atoms with Crippen LogP contribution in [0.3, 0.4) is 0 Å². The fourth-order valence-corrected chi connectivity index (χ4v) is 3.50. The molecule has 0 spiro atoms. The maximum atomic E-state index is 12.7. The topological polar surface area (TPSA) is 96.8 Å². The average molecular weight is 329 g/mol. The third kappa shape index (κ3) is 3.04. The van der Waals surface area contributed by atoms with Crippen LogP contribution >= 0.6 is 0 Å². The Balaban J connectivity index is 2.33. The van der Waals surface area contributed by atoms with E-state index in [-0.39, 0.29) is 17.0 Å². The summed E-state index contributed by atoms with van der Waals surface area (Å²) in [6.07, 6.45) is 2.86. The molecule has 0 aliphatic carbocycles. The minimum Gasteiger partial charge on any atom is -0.448 e. The Hall–Kier alpha value is -1.38. The number of hydrogen-bond acceptors (Lipinski definition) is 5. The third-order valence-electron chi connectivity index (χ3n) is 4.02.